The van der Waals surface area contributed by atoms with E-state index in [1.54, 1.807) is 0 Å². The first-order chi connectivity index (χ1) is 10.0. The predicted molar refractivity (Wildman–Crippen MR) is 85.9 cm³/mol. The lowest BCUT2D eigenvalue weighted by molar-refractivity contribution is 0.809. The zero-order chi connectivity index (χ0) is 15.4. The van der Waals surface area contributed by atoms with Crippen molar-refractivity contribution in [1.82, 2.24) is 19.9 Å². The monoisotopic (exact) mass is 303 g/mol. The molecule has 0 radical (unpaired) electrons. The van der Waals surface area contributed by atoms with Gasteiger partial charge in [-0.1, -0.05) is 6.92 Å². The molecule has 2 heterocycles. The van der Waals surface area contributed by atoms with Crippen LogP contribution in [-0.2, 0) is 6.42 Å². The van der Waals surface area contributed by atoms with Gasteiger partial charge in [0.15, 0.2) is 5.16 Å². The highest BCUT2D eigenvalue weighted by atomic mass is 32.2. The third-order valence-corrected chi connectivity index (χ3v) is 4.07. The first kappa shape index (κ1) is 15.7. The lowest BCUT2D eigenvalue weighted by atomic mass is 10.2. The van der Waals surface area contributed by atoms with E-state index in [2.05, 4.69) is 32.2 Å². The Bertz CT molecular complexity index is 619. The minimum absolute atomic E-state index is 0.735. The van der Waals surface area contributed by atoms with Crippen LogP contribution in [0.25, 0.3) is 0 Å². The topological polar surface area (TPSA) is 63.6 Å². The summed E-state index contributed by atoms with van der Waals surface area (Å²) in [6.45, 7) is 8.19. The molecule has 1 N–H and O–H groups in total. The van der Waals surface area contributed by atoms with Crippen LogP contribution in [0.5, 0.6) is 0 Å². The van der Waals surface area contributed by atoms with Crippen molar-refractivity contribution in [3.63, 3.8) is 0 Å². The molecule has 2 rings (SSSR count). The molecule has 0 saturated heterocycles. The van der Waals surface area contributed by atoms with E-state index in [-0.39, 0.29) is 0 Å². The fourth-order valence-electron chi connectivity index (χ4n) is 1.87. The average Bonchev–Trinajstić information content (AvgIpc) is 2.44. The Morgan fingerprint density at radius 1 is 1.05 bits per heavy atom. The molecule has 0 aromatic carbocycles. The Kier molecular flexibility index (Phi) is 5.12. The lowest BCUT2D eigenvalue weighted by Gasteiger charge is -2.08. The van der Waals surface area contributed by atoms with Crippen LogP contribution < -0.4 is 5.32 Å². The molecule has 5 nitrogen and oxygen atoms in total. The molecular formula is C15H21N5S. The molecule has 112 valence electrons. The summed E-state index contributed by atoms with van der Waals surface area (Å²) in [5.41, 5.74) is 3.17. The zero-order valence-corrected chi connectivity index (χ0v) is 14.0. The molecule has 0 aliphatic rings. The summed E-state index contributed by atoms with van der Waals surface area (Å²) < 4.78 is 0. The third kappa shape index (κ3) is 3.91. The molecule has 2 aromatic rings. The summed E-state index contributed by atoms with van der Waals surface area (Å²) in [6.07, 6.45) is 1.90. The third-order valence-electron chi connectivity index (χ3n) is 3.29. The van der Waals surface area contributed by atoms with Gasteiger partial charge < -0.3 is 5.32 Å². The molecule has 2 aromatic heterocycles. The van der Waals surface area contributed by atoms with E-state index in [1.807, 2.05) is 33.9 Å². The molecule has 0 unspecified atom stereocenters. The normalized spacial score (nSPS) is 10.7. The molecule has 6 heteroatoms. The first-order valence-electron chi connectivity index (χ1n) is 7.09. The Balaban J connectivity index is 2.32. The fourth-order valence-corrected chi connectivity index (χ4v) is 2.74. The standard InChI is InChI=1S/C15H21N5S/c1-6-7-12-19-13(16-5)8-14(20-12)21-15-17-10(3)9(2)11(4)18-15/h8H,6-7H2,1-5H3,(H,16,19,20). The van der Waals surface area contributed by atoms with E-state index in [4.69, 9.17) is 0 Å². The quantitative estimate of drug-likeness (QED) is 0.675. The highest BCUT2D eigenvalue weighted by molar-refractivity contribution is 7.99. The number of hydrogen-bond acceptors (Lipinski definition) is 6. The lowest BCUT2D eigenvalue weighted by Crippen LogP contribution is -2.02. The van der Waals surface area contributed by atoms with Crippen molar-refractivity contribution in [2.75, 3.05) is 12.4 Å². The summed E-state index contributed by atoms with van der Waals surface area (Å²) in [5.74, 6) is 1.68. The fraction of sp³-hybridized carbons (Fsp3) is 0.467. The van der Waals surface area contributed by atoms with E-state index in [0.717, 1.165) is 51.6 Å². The molecule has 0 fully saturated rings. The van der Waals surface area contributed by atoms with Crippen LogP contribution >= 0.6 is 11.8 Å². The van der Waals surface area contributed by atoms with Crippen LogP contribution in [0.3, 0.4) is 0 Å². The summed E-state index contributed by atoms with van der Waals surface area (Å²) in [4.78, 5) is 18.1. The summed E-state index contributed by atoms with van der Waals surface area (Å²) in [5, 5.41) is 4.69. The van der Waals surface area contributed by atoms with Gasteiger partial charge >= 0.3 is 0 Å². The summed E-state index contributed by atoms with van der Waals surface area (Å²) in [6, 6.07) is 1.93. The van der Waals surface area contributed by atoms with Crippen molar-refractivity contribution >= 4 is 17.6 Å². The van der Waals surface area contributed by atoms with Gasteiger partial charge in [-0.2, -0.15) is 0 Å². The number of hydrogen-bond donors (Lipinski definition) is 1. The van der Waals surface area contributed by atoms with Crippen LogP contribution in [0.1, 0.15) is 36.1 Å². The van der Waals surface area contributed by atoms with Gasteiger partial charge in [0.2, 0.25) is 0 Å². The van der Waals surface area contributed by atoms with Crippen molar-refractivity contribution in [2.24, 2.45) is 0 Å². The maximum Gasteiger partial charge on any atom is 0.194 e. The number of anilines is 1. The molecular weight excluding hydrogens is 282 g/mol. The van der Waals surface area contributed by atoms with E-state index in [0.29, 0.717) is 0 Å². The molecule has 0 atom stereocenters. The van der Waals surface area contributed by atoms with Crippen LogP contribution in [-0.4, -0.2) is 27.0 Å². The number of aromatic nitrogens is 4. The Labute approximate surface area is 130 Å². The van der Waals surface area contributed by atoms with Crippen molar-refractivity contribution in [1.29, 1.82) is 0 Å². The van der Waals surface area contributed by atoms with Gasteiger partial charge in [0, 0.05) is 30.9 Å². The highest BCUT2D eigenvalue weighted by Crippen LogP contribution is 2.26. The molecule has 0 bridgehead atoms. The van der Waals surface area contributed by atoms with Gasteiger partial charge in [0.05, 0.1) is 0 Å². The number of aryl methyl sites for hydroxylation is 3. The Hall–Kier alpha value is -1.69. The van der Waals surface area contributed by atoms with Crippen molar-refractivity contribution < 1.29 is 0 Å². The molecule has 0 aliphatic carbocycles. The number of nitrogens with zero attached hydrogens (tertiary/aromatic N) is 4. The second-order valence-electron chi connectivity index (χ2n) is 4.91. The molecule has 0 spiro atoms. The van der Waals surface area contributed by atoms with E-state index >= 15 is 0 Å². The van der Waals surface area contributed by atoms with Gasteiger partial charge in [-0.05, 0) is 44.5 Å². The smallest absolute Gasteiger partial charge is 0.194 e. The van der Waals surface area contributed by atoms with Gasteiger partial charge in [-0.25, -0.2) is 19.9 Å². The summed E-state index contributed by atoms with van der Waals surface area (Å²) in [7, 11) is 1.86. The van der Waals surface area contributed by atoms with E-state index < -0.39 is 0 Å². The molecule has 21 heavy (non-hydrogen) atoms. The van der Waals surface area contributed by atoms with Gasteiger partial charge in [0.1, 0.15) is 16.7 Å². The molecule has 0 saturated carbocycles. The minimum atomic E-state index is 0.735. The SMILES string of the molecule is CCCc1nc(NC)cc(Sc2nc(C)c(C)c(C)n2)n1. The number of nitrogens with one attached hydrogen (secondary N) is 1. The van der Waals surface area contributed by atoms with Crippen molar-refractivity contribution in [3.8, 4) is 0 Å². The minimum Gasteiger partial charge on any atom is -0.373 e. The maximum atomic E-state index is 4.58. The average molecular weight is 303 g/mol. The first-order valence-corrected chi connectivity index (χ1v) is 7.90. The van der Waals surface area contributed by atoms with E-state index in [9.17, 15) is 0 Å². The van der Waals surface area contributed by atoms with Gasteiger partial charge in [-0.3, -0.25) is 0 Å². The second-order valence-corrected chi connectivity index (χ2v) is 5.90. The van der Waals surface area contributed by atoms with Crippen molar-refractivity contribution in [3.05, 3.63) is 28.8 Å². The second kappa shape index (κ2) is 6.85. The Morgan fingerprint density at radius 2 is 1.71 bits per heavy atom. The highest BCUT2D eigenvalue weighted by Gasteiger charge is 2.09. The zero-order valence-electron chi connectivity index (χ0n) is 13.2. The molecule has 0 aliphatic heterocycles. The number of rotatable bonds is 5. The van der Waals surface area contributed by atoms with Crippen LogP contribution in [0.2, 0.25) is 0 Å². The van der Waals surface area contributed by atoms with Crippen LogP contribution in [0.15, 0.2) is 16.2 Å². The molecule has 0 amide bonds. The van der Waals surface area contributed by atoms with Gasteiger partial charge in [0.25, 0.3) is 0 Å². The predicted octanol–water partition coefficient (Wildman–Crippen LogP) is 3.34. The largest absolute Gasteiger partial charge is 0.373 e. The Morgan fingerprint density at radius 3 is 2.29 bits per heavy atom. The van der Waals surface area contributed by atoms with Crippen molar-refractivity contribution in [2.45, 2.75) is 50.7 Å². The van der Waals surface area contributed by atoms with Crippen LogP contribution in [0, 0.1) is 20.8 Å². The van der Waals surface area contributed by atoms with E-state index in [1.165, 1.54) is 11.8 Å². The van der Waals surface area contributed by atoms with Crippen LogP contribution in [0.4, 0.5) is 5.82 Å². The van der Waals surface area contributed by atoms with Gasteiger partial charge in [-0.15, -0.1) is 0 Å². The maximum absolute atomic E-state index is 4.58. The summed E-state index contributed by atoms with van der Waals surface area (Å²) >= 11 is 1.48.